The number of phenols is 1. The molecular formula is C20H19Cl2N3O2. The Balaban J connectivity index is 2.15. The molecule has 27 heavy (non-hydrogen) atoms. The maximum absolute atomic E-state index is 13.0. The van der Waals surface area contributed by atoms with Crippen LogP contribution >= 0.6 is 23.2 Å². The van der Waals surface area contributed by atoms with Crippen molar-refractivity contribution in [2.75, 3.05) is 0 Å². The standard InChI is InChI=1S/C20H19Cl2N3O2/c1-20(2,3)18-15(11-23-16-10-13(22)7-8-17(16)26)19(27)25(24-18)14-6-4-5-12(21)9-14/h4-11,24,26H,1-3H3. The zero-order chi connectivity index (χ0) is 19.8. The van der Waals surface area contributed by atoms with E-state index in [2.05, 4.69) is 10.1 Å². The Morgan fingerprint density at radius 1 is 1.11 bits per heavy atom. The first-order chi connectivity index (χ1) is 12.7. The second kappa shape index (κ2) is 7.25. The predicted octanol–water partition coefficient (Wildman–Crippen LogP) is 5.23. The van der Waals surface area contributed by atoms with Crippen LogP contribution in [0, 0.1) is 0 Å². The van der Waals surface area contributed by atoms with E-state index in [4.69, 9.17) is 23.2 Å². The number of hydrogen-bond acceptors (Lipinski definition) is 3. The van der Waals surface area contributed by atoms with E-state index in [1.807, 2.05) is 20.8 Å². The fraction of sp³-hybridized carbons (Fsp3) is 0.200. The number of nitrogens with zero attached hydrogens (tertiary/aromatic N) is 2. The summed E-state index contributed by atoms with van der Waals surface area (Å²) in [6.45, 7) is 5.98. The van der Waals surface area contributed by atoms with Crippen molar-refractivity contribution >= 4 is 35.1 Å². The lowest BCUT2D eigenvalue weighted by Gasteiger charge is -2.17. The molecule has 0 radical (unpaired) electrons. The topological polar surface area (TPSA) is 70.4 Å². The Morgan fingerprint density at radius 3 is 2.48 bits per heavy atom. The fourth-order valence-electron chi connectivity index (χ4n) is 2.67. The SMILES string of the molecule is CC(C)(C)c1[nH]n(-c2cccc(Cl)c2)c(=O)c1C=Nc1cc(Cl)ccc1O. The third-order valence-electron chi connectivity index (χ3n) is 4.01. The van der Waals surface area contributed by atoms with E-state index in [9.17, 15) is 9.90 Å². The van der Waals surface area contributed by atoms with Gasteiger partial charge in [-0.05, 0) is 36.4 Å². The lowest BCUT2D eigenvalue weighted by Crippen LogP contribution is -2.18. The van der Waals surface area contributed by atoms with Gasteiger partial charge < -0.3 is 5.11 Å². The molecule has 7 heteroatoms. The second-order valence-corrected chi connectivity index (χ2v) is 8.04. The molecule has 0 atom stereocenters. The van der Waals surface area contributed by atoms with E-state index in [0.29, 0.717) is 21.3 Å². The monoisotopic (exact) mass is 403 g/mol. The van der Waals surface area contributed by atoms with Gasteiger partial charge in [-0.25, -0.2) is 4.68 Å². The molecule has 2 N–H and O–H groups in total. The number of aliphatic imine (C=N–C) groups is 1. The molecule has 0 unspecified atom stereocenters. The molecular weight excluding hydrogens is 385 g/mol. The number of aromatic nitrogens is 2. The third kappa shape index (κ3) is 4.10. The number of nitrogens with one attached hydrogen (secondary N) is 1. The van der Waals surface area contributed by atoms with Crippen molar-refractivity contribution in [3.05, 3.63) is 74.1 Å². The van der Waals surface area contributed by atoms with Crippen molar-refractivity contribution in [3.63, 3.8) is 0 Å². The Morgan fingerprint density at radius 2 is 1.81 bits per heavy atom. The van der Waals surface area contributed by atoms with Crippen molar-refractivity contribution in [2.24, 2.45) is 4.99 Å². The van der Waals surface area contributed by atoms with E-state index >= 15 is 0 Å². The molecule has 0 bridgehead atoms. The summed E-state index contributed by atoms with van der Waals surface area (Å²) in [5.74, 6) is -0.0151. The number of aromatic amines is 1. The van der Waals surface area contributed by atoms with Crippen molar-refractivity contribution in [3.8, 4) is 11.4 Å². The molecule has 0 aliphatic heterocycles. The average Bonchev–Trinajstić information content (AvgIpc) is 2.92. The molecule has 1 aromatic heterocycles. The Labute approximate surface area is 166 Å². The van der Waals surface area contributed by atoms with Gasteiger partial charge in [0.25, 0.3) is 5.56 Å². The van der Waals surface area contributed by atoms with Crippen LogP contribution in [-0.4, -0.2) is 21.1 Å². The highest BCUT2D eigenvalue weighted by Crippen LogP contribution is 2.30. The van der Waals surface area contributed by atoms with E-state index in [0.717, 1.165) is 5.69 Å². The van der Waals surface area contributed by atoms with Crippen molar-refractivity contribution in [2.45, 2.75) is 26.2 Å². The summed E-state index contributed by atoms with van der Waals surface area (Å²) in [4.78, 5) is 17.3. The second-order valence-electron chi connectivity index (χ2n) is 7.16. The molecule has 2 aromatic carbocycles. The van der Waals surface area contributed by atoms with Gasteiger partial charge in [0.15, 0.2) is 0 Å². The van der Waals surface area contributed by atoms with Crippen molar-refractivity contribution < 1.29 is 5.11 Å². The highest BCUT2D eigenvalue weighted by Gasteiger charge is 2.24. The lowest BCUT2D eigenvalue weighted by molar-refractivity contribution is 0.477. The van der Waals surface area contributed by atoms with Crippen LogP contribution in [0.15, 0.2) is 52.3 Å². The Hall–Kier alpha value is -2.50. The van der Waals surface area contributed by atoms with Crippen LogP contribution in [0.1, 0.15) is 32.0 Å². The van der Waals surface area contributed by atoms with E-state index in [1.165, 1.54) is 23.0 Å². The highest BCUT2D eigenvalue weighted by atomic mass is 35.5. The number of H-pyrrole nitrogens is 1. The van der Waals surface area contributed by atoms with Gasteiger partial charge in [0.1, 0.15) is 11.4 Å². The minimum atomic E-state index is -0.333. The van der Waals surface area contributed by atoms with E-state index in [-0.39, 0.29) is 22.4 Å². The molecule has 0 aliphatic rings. The highest BCUT2D eigenvalue weighted by molar-refractivity contribution is 6.31. The van der Waals surface area contributed by atoms with Gasteiger partial charge in [-0.3, -0.25) is 14.9 Å². The normalized spacial score (nSPS) is 12.0. The zero-order valence-corrected chi connectivity index (χ0v) is 16.6. The zero-order valence-electron chi connectivity index (χ0n) is 15.1. The molecule has 0 saturated heterocycles. The molecule has 0 spiro atoms. The number of benzene rings is 2. The fourth-order valence-corrected chi connectivity index (χ4v) is 3.02. The van der Waals surface area contributed by atoms with Gasteiger partial charge in [0, 0.05) is 21.7 Å². The molecule has 0 fully saturated rings. The maximum Gasteiger partial charge on any atom is 0.280 e. The first kappa shape index (κ1) is 19.3. The molecule has 0 aliphatic carbocycles. The van der Waals surface area contributed by atoms with Crippen molar-refractivity contribution in [1.82, 2.24) is 9.78 Å². The average molecular weight is 404 g/mol. The smallest absolute Gasteiger partial charge is 0.280 e. The molecule has 3 rings (SSSR count). The minimum Gasteiger partial charge on any atom is -0.506 e. The van der Waals surface area contributed by atoms with Crippen LogP contribution in [0.5, 0.6) is 5.75 Å². The Kier molecular flexibility index (Phi) is 5.18. The molecule has 5 nitrogen and oxygen atoms in total. The first-order valence-electron chi connectivity index (χ1n) is 8.31. The van der Waals surface area contributed by atoms with E-state index < -0.39 is 0 Å². The molecule has 0 saturated carbocycles. The number of rotatable bonds is 3. The molecule has 140 valence electrons. The summed E-state index contributed by atoms with van der Waals surface area (Å²) in [5, 5.41) is 14.1. The van der Waals surface area contributed by atoms with Crippen LogP contribution in [0.4, 0.5) is 5.69 Å². The van der Waals surface area contributed by atoms with Gasteiger partial charge in [-0.2, -0.15) is 0 Å². The van der Waals surface area contributed by atoms with Gasteiger partial charge in [-0.15, -0.1) is 0 Å². The summed E-state index contributed by atoms with van der Waals surface area (Å²) in [6, 6.07) is 11.6. The third-order valence-corrected chi connectivity index (χ3v) is 4.48. The number of phenolic OH excluding ortho intramolecular Hbond substituents is 1. The van der Waals surface area contributed by atoms with Crippen LogP contribution in [0.2, 0.25) is 10.0 Å². The number of aromatic hydroxyl groups is 1. The summed E-state index contributed by atoms with van der Waals surface area (Å²) < 4.78 is 1.44. The van der Waals surface area contributed by atoms with Gasteiger partial charge >= 0.3 is 0 Å². The summed E-state index contributed by atoms with van der Waals surface area (Å²) in [6.07, 6.45) is 1.45. The maximum atomic E-state index is 13.0. The quantitative estimate of drug-likeness (QED) is 0.587. The summed E-state index contributed by atoms with van der Waals surface area (Å²) in [5.41, 5.74) is 1.45. The van der Waals surface area contributed by atoms with Crippen LogP contribution in [0.25, 0.3) is 5.69 Å². The molecule has 0 amide bonds. The number of halogens is 2. The number of hydrogen-bond donors (Lipinski definition) is 2. The first-order valence-corrected chi connectivity index (χ1v) is 9.06. The minimum absolute atomic E-state index is 0.0151. The van der Waals surface area contributed by atoms with Crippen LogP contribution < -0.4 is 5.56 Å². The summed E-state index contributed by atoms with van der Waals surface area (Å²) in [7, 11) is 0. The molecule has 3 aromatic rings. The van der Waals surface area contributed by atoms with Gasteiger partial charge in [0.05, 0.1) is 16.9 Å². The molecule has 1 heterocycles. The van der Waals surface area contributed by atoms with Crippen molar-refractivity contribution in [1.29, 1.82) is 0 Å². The summed E-state index contributed by atoms with van der Waals surface area (Å²) >= 11 is 12.0. The van der Waals surface area contributed by atoms with Crippen LogP contribution in [-0.2, 0) is 5.41 Å². The van der Waals surface area contributed by atoms with Gasteiger partial charge in [0.2, 0.25) is 0 Å². The van der Waals surface area contributed by atoms with E-state index in [1.54, 1.807) is 30.3 Å². The Bertz CT molecular complexity index is 1080. The lowest BCUT2D eigenvalue weighted by atomic mass is 9.90. The van der Waals surface area contributed by atoms with Crippen LogP contribution in [0.3, 0.4) is 0 Å². The predicted molar refractivity (Wildman–Crippen MR) is 110 cm³/mol. The van der Waals surface area contributed by atoms with Gasteiger partial charge in [-0.1, -0.05) is 50.0 Å². The largest absolute Gasteiger partial charge is 0.506 e.